The minimum Gasteiger partial charge on any atom is -0.356 e. The van der Waals surface area contributed by atoms with Crippen molar-refractivity contribution >= 4 is 5.91 Å². The molecule has 2 N–H and O–H groups in total. The first-order chi connectivity index (χ1) is 10.0. The normalized spacial score (nSPS) is 18.2. The van der Waals surface area contributed by atoms with Gasteiger partial charge in [-0.25, -0.2) is 0 Å². The molecule has 0 spiro atoms. The number of piperidine rings is 1. The van der Waals surface area contributed by atoms with Gasteiger partial charge >= 0.3 is 0 Å². The van der Waals surface area contributed by atoms with Crippen molar-refractivity contribution in [2.45, 2.75) is 65.3 Å². The van der Waals surface area contributed by atoms with Crippen LogP contribution in [0.15, 0.2) is 0 Å². The number of rotatable bonds is 9. The van der Waals surface area contributed by atoms with Gasteiger partial charge in [-0.3, -0.25) is 4.79 Å². The molecule has 0 radical (unpaired) electrons. The van der Waals surface area contributed by atoms with Crippen LogP contribution in [-0.4, -0.2) is 50.1 Å². The molecule has 0 atom stereocenters. The van der Waals surface area contributed by atoms with E-state index < -0.39 is 0 Å². The summed E-state index contributed by atoms with van der Waals surface area (Å²) in [6, 6.07) is 0.599. The first-order valence-corrected chi connectivity index (χ1v) is 8.71. The highest BCUT2D eigenvalue weighted by atomic mass is 16.2. The van der Waals surface area contributed by atoms with Gasteiger partial charge in [0.25, 0.3) is 0 Å². The lowest BCUT2D eigenvalue weighted by atomic mass is 9.74. The van der Waals surface area contributed by atoms with Crippen molar-refractivity contribution < 1.29 is 4.79 Å². The average Bonchev–Trinajstić information content (AvgIpc) is 2.47. The Balaban J connectivity index is 2.28. The second kappa shape index (κ2) is 9.42. The van der Waals surface area contributed by atoms with Crippen LogP contribution in [-0.2, 0) is 4.79 Å². The van der Waals surface area contributed by atoms with E-state index in [2.05, 4.69) is 43.4 Å². The molecule has 124 valence electrons. The molecule has 0 bridgehead atoms. The highest BCUT2D eigenvalue weighted by molar-refractivity contribution is 5.82. The zero-order valence-corrected chi connectivity index (χ0v) is 14.5. The second-order valence-electron chi connectivity index (χ2n) is 6.82. The lowest BCUT2D eigenvalue weighted by molar-refractivity contribution is -0.133. The molecule has 0 aromatic rings. The summed E-state index contributed by atoms with van der Waals surface area (Å²) in [5.74, 6) is 0.295. The molecule has 0 aliphatic carbocycles. The third-order valence-electron chi connectivity index (χ3n) is 4.88. The summed E-state index contributed by atoms with van der Waals surface area (Å²) in [4.78, 5) is 14.9. The lowest BCUT2D eigenvalue weighted by Crippen LogP contribution is -2.47. The molecule has 1 aliphatic rings. The molecule has 0 aromatic carbocycles. The van der Waals surface area contributed by atoms with E-state index in [1.165, 1.54) is 0 Å². The fourth-order valence-corrected chi connectivity index (χ4v) is 3.11. The predicted molar refractivity (Wildman–Crippen MR) is 89.5 cm³/mol. The number of hydrogen-bond acceptors (Lipinski definition) is 3. The summed E-state index contributed by atoms with van der Waals surface area (Å²) in [6.07, 6.45) is 6.31. The molecule has 1 aliphatic heterocycles. The highest BCUT2D eigenvalue weighted by Crippen LogP contribution is 2.34. The Kier molecular flexibility index (Phi) is 8.27. The smallest absolute Gasteiger partial charge is 0.226 e. The van der Waals surface area contributed by atoms with E-state index in [9.17, 15) is 4.79 Å². The van der Waals surface area contributed by atoms with Crippen molar-refractivity contribution in [3.63, 3.8) is 0 Å². The van der Waals surface area contributed by atoms with E-state index >= 15 is 0 Å². The average molecular weight is 297 g/mol. The van der Waals surface area contributed by atoms with Crippen LogP contribution >= 0.6 is 0 Å². The third-order valence-corrected chi connectivity index (χ3v) is 4.88. The molecular weight excluding hydrogens is 262 g/mol. The standard InChI is InChI=1S/C17H35N3O/c1-5-8-17(9-12-18-13-10-17)16(21)19-11-6-7-14-20(4)15(2)3/h15,18H,5-14H2,1-4H3,(H,19,21). The minimum atomic E-state index is -0.102. The predicted octanol–water partition coefficient (Wildman–Crippen LogP) is 2.39. The van der Waals surface area contributed by atoms with Crippen molar-refractivity contribution in [1.82, 2.24) is 15.5 Å². The maximum Gasteiger partial charge on any atom is 0.226 e. The molecule has 0 aromatic heterocycles. The Morgan fingerprint density at radius 2 is 1.95 bits per heavy atom. The second-order valence-corrected chi connectivity index (χ2v) is 6.82. The van der Waals surface area contributed by atoms with Crippen molar-refractivity contribution in [3.8, 4) is 0 Å². The minimum absolute atomic E-state index is 0.102. The monoisotopic (exact) mass is 297 g/mol. The summed E-state index contributed by atoms with van der Waals surface area (Å²) in [5.41, 5.74) is -0.102. The molecule has 0 saturated carbocycles. The zero-order chi connectivity index (χ0) is 15.7. The van der Waals surface area contributed by atoms with Gasteiger partial charge < -0.3 is 15.5 Å². The Morgan fingerprint density at radius 1 is 1.29 bits per heavy atom. The molecule has 1 saturated heterocycles. The fraction of sp³-hybridized carbons (Fsp3) is 0.941. The third kappa shape index (κ3) is 5.95. The number of hydrogen-bond donors (Lipinski definition) is 2. The zero-order valence-electron chi connectivity index (χ0n) is 14.5. The number of carbonyl (C=O) groups excluding carboxylic acids is 1. The Labute approximate surface area is 131 Å². The fourth-order valence-electron chi connectivity index (χ4n) is 3.11. The summed E-state index contributed by atoms with van der Waals surface area (Å²) < 4.78 is 0. The van der Waals surface area contributed by atoms with Gasteiger partial charge in [0.15, 0.2) is 0 Å². The summed E-state index contributed by atoms with van der Waals surface area (Å²) in [5, 5.41) is 6.56. The molecule has 4 heteroatoms. The topological polar surface area (TPSA) is 44.4 Å². The largest absolute Gasteiger partial charge is 0.356 e. The van der Waals surface area contributed by atoms with Gasteiger partial charge in [-0.05, 0) is 72.6 Å². The number of carbonyl (C=O) groups is 1. The summed E-state index contributed by atoms with van der Waals surface area (Å²) in [7, 11) is 2.16. The molecule has 1 amide bonds. The van der Waals surface area contributed by atoms with Crippen molar-refractivity contribution in [1.29, 1.82) is 0 Å². The molecular formula is C17H35N3O. The van der Waals surface area contributed by atoms with Gasteiger partial charge in [0.1, 0.15) is 0 Å². The summed E-state index contributed by atoms with van der Waals surface area (Å²) in [6.45, 7) is 10.5. The maximum absolute atomic E-state index is 12.6. The molecule has 21 heavy (non-hydrogen) atoms. The van der Waals surface area contributed by atoms with Crippen LogP contribution in [0, 0.1) is 5.41 Å². The van der Waals surface area contributed by atoms with Gasteiger partial charge in [-0.15, -0.1) is 0 Å². The molecule has 1 heterocycles. The van der Waals surface area contributed by atoms with Crippen LogP contribution in [0.3, 0.4) is 0 Å². The molecule has 0 unspecified atom stereocenters. The SMILES string of the molecule is CCCC1(C(=O)NCCCCN(C)C(C)C)CCNCC1. The van der Waals surface area contributed by atoms with E-state index in [1.807, 2.05) is 0 Å². The van der Waals surface area contributed by atoms with Crippen LogP contribution in [0.2, 0.25) is 0 Å². The first kappa shape index (κ1) is 18.4. The van der Waals surface area contributed by atoms with Crippen molar-refractivity contribution in [3.05, 3.63) is 0 Å². The van der Waals surface area contributed by atoms with Gasteiger partial charge in [0.05, 0.1) is 5.41 Å². The number of nitrogens with zero attached hydrogens (tertiary/aromatic N) is 1. The van der Waals surface area contributed by atoms with Crippen LogP contribution in [0.1, 0.15) is 59.3 Å². The maximum atomic E-state index is 12.6. The lowest BCUT2D eigenvalue weighted by Gasteiger charge is -2.36. The van der Waals surface area contributed by atoms with Crippen molar-refractivity contribution in [2.24, 2.45) is 5.41 Å². The quantitative estimate of drug-likeness (QED) is 0.642. The van der Waals surface area contributed by atoms with E-state index in [1.54, 1.807) is 0 Å². The molecule has 4 nitrogen and oxygen atoms in total. The van der Waals surface area contributed by atoms with E-state index in [4.69, 9.17) is 0 Å². The Bertz CT molecular complexity index is 293. The van der Waals surface area contributed by atoms with Crippen molar-refractivity contribution in [2.75, 3.05) is 33.2 Å². The highest BCUT2D eigenvalue weighted by Gasteiger charge is 2.38. The first-order valence-electron chi connectivity index (χ1n) is 8.71. The number of amides is 1. The number of nitrogens with one attached hydrogen (secondary N) is 2. The van der Waals surface area contributed by atoms with Gasteiger partial charge in [0, 0.05) is 12.6 Å². The van der Waals surface area contributed by atoms with Gasteiger partial charge in [-0.2, -0.15) is 0 Å². The molecule has 1 fully saturated rings. The Morgan fingerprint density at radius 3 is 2.52 bits per heavy atom. The van der Waals surface area contributed by atoms with Crippen LogP contribution in [0.25, 0.3) is 0 Å². The van der Waals surface area contributed by atoms with E-state index in [0.29, 0.717) is 11.9 Å². The Hall–Kier alpha value is -0.610. The van der Waals surface area contributed by atoms with E-state index in [0.717, 1.165) is 64.7 Å². The van der Waals surface area contributed by atoms with Crippen LogP contribution in [0.4, 0.5) is 0 Å². The summed E-state index contributed by atoms with van der Waals surface area (Å²) >= 11 is 0. The van der Waals surface area contributed by atoms with Gasteiger partial charge in [0.2, 0.25) is 5.91 Å². The van der Waals surface area contributed by atoms with Crippen LogP contribution in [0.5, 0.6) is 0 Å². The van der Waals surface area contributed by atoms with Gasteiger partial charge in [-0.1, -0.05) is 13.3 Å². The van der Waals surface area contributed by atoms with Crippen LogP contribution < -0.4 is 10.6 Å². The number of unbranched alkanes of at least 4 members (excludes halogenated alkanes) is 1. The van der Waals surface area contributed by atoms with E-state index in [-0.39, 0.29) is 5.41 Å². The molecule has 1 rings (SSSR count).